The molecule has 1 heterocycles. The number of rotatable bonds is 3. The highest BCUT2D eigenvalue weighted by Crippen LogP contribution is 2.14. The highest BCUT2D eigenvalue weighted by molar-refractivity contribution is 14.1. The minimum absolute atomic E-state index is 0.0830. The van der Waals surface area contributed by atoms with Gasteiger partial charge in [-0.1, -0.05) is 0 Å². The Morgan fingerprint density at radius 3 is 2.77 bits per heavy atom. The van der Waals surface area contributed by atoms with Crippen LogP contribution in [-0.4, -0.2) is 18.9 Å². The molecule has 0 bridgehead atoms. The number of aromatic nitrogens is 1. The molecule has 0 spiro atoms. The minimum Gasteiger partial charge on any atom is -0.461 e. The third kappa shape index (κ3) is 3.09. The van der Waals surface area contributed by atoms with Crippen LogP contribution in [0, 0.1) is 7.40 Å². The second kappa shape index (κ2) is 5.15. The number of halogens is 2. The van der Waals surface area contributed by atoms with E-state index in [1.54, 1.807) is 0 Å². The molecule has 0 aliphatic rings. The van der Waals surface area contributed by atoms with Crippen molar-refractivity contribution in [1.82, 2.24) is 4.98 Å². The highest BCUT2D eigenvalue weighted by Gasteiger charge is 2.07. The summed E-state index contributed by atoms with van der Waals surface area (Å²) in [6, 6.07) is 1.48. The monoisotopic (exact) mass is 407 g/mol. The van der Waals surface area contributed by atoms with Crippen molar-refractivity contribution in [2.24, 2.45) is 0 Å². The van der Waals surface area contributed by atoms with E-state index in [9.17, 15) is 4.79 Å². The lowest BCUT2D eigenvalue weighted by Crippen LogP contribution is -2.12. The zero-order chi connectivity index (χ0) is 9.84. The predicted octanol–water partition coefficient (Wildman–Crippen LogP) is 1.57. The Kier molecular flexibility index (Phi) is 4.46. The molecule has 72 valence electrons. The summed E-state index contributed by atoms with van der Waals surface area (Å²) in [4.78, 5) is 14.3. The first-order valence-electron chi connectivity index (χ1n) is 3.35. The van der Waals surface area contributed by atoms with Crippen molar-refractivity contribution in [2.75, 3.05) is 13.9 Å². The minimum atomic E-state index is -0.135. The van der Waals surface area contributed by atoms with Gasteiger partial charge in [-0.25, -0.2) is 0 Å². The number of hydrogen-bond acceptors (Lipinski definition) is 3. The van der Waals surface area contributed by atoms with E-state index in [0.717, 1.165) is 3.70 Å². The van der Waals surface area contributed by atoms with E-state index in [1.165, 1.54) is 13.2 Å². The first-order valence-corrected chi connectivity index (χ1v) is 5.51. The van der Waals surface area contributed by atoms with E-state index in [2.05, 4.69) is 4.98 Å². The maximum atomic E-state index is 11.4. The molecule has 0 saturated heterocycles. The molecule has 1 aromatic rings. The summed E-state index contributed by atoms with van der Waals surface area (Å²) >= 11 is 4.05. The van der Waals surface area contributed by atoms with E-state index in [-0.39, 0.29) is 12.2 Å². The van der Waals surface area contributed by atoms with Crippen molar-refractivity contribution in [3.8, 4) is 5.75 Å². The van der Waals surface area contributed by atoms with Crippen LogP contribution in [0.5, 0.6) is 5.75 Å². The fourth-order valence-corrected chi connectivity index (χ4v) is 2.52. The number of aromatic amines is 1. The SMILES string of the molecule is COCOc1c(I)[nH]c(I)cc1=O. The average molecular weight is 407 g/mol. The van der Waals surface area contributed by atoms with E-state index in [1.807, 2.05) is 45.2 Å². The fourth-order valence-electron chi connectivity index (χ4n) is 0.739. The lowest BCUT2D eigenvalue weighted by atomic mass is 10.4. The van der Waals surface area contributed by atoms with Gasteiger partial charge in [0.05, 0.1) is 3.70 Å². The summed E-state index contributed by atoms with van der Waals surface area (Å²) in [7, 11) is 1.51. The van der Waals surface area contributed by atoms with Crippen LogP contribution in [0.4, 0.5) is 0 Å². The maximum Gasteiger partial charge on any atom is 0.225 e. The number of nitrogens with one attached hydrogen (secondary N) is 1. The Bertz CT molecular complexity index is 350. The van der Waals surface area contributed by atoms with Crippen LogP contribution in [0.25, 0.3) is 0 Å². The molecule has 0 saturated carbocycles. The standard InChI is InChI=1S/C7H7I2NO3/c1-12-3-13-6-4(11)2-5(8)10-7(6)9/h2H,3H2,1H3,(H,10,11). The third-order valence-corrected chi connectivity index (χ3v) is 2.57. The number of pyridine rings is 1. The molecule has 0 fully saturated rings. The highest BCUT2D eigenvalue weighted by atomic mass is 127. The molecule has 1 rings (SSSR count). The molecular formula is C7H7I2NO3. The Labute approximate surface area is 102 Å². The summed E-state index contributed by atoms with van der Waals surface area (Å²) in [6.45, 7) is 0.0830. The van der Waals surface area contributed by atoms with Gasteiger partial charge >= 0.3 is 0 Å². The molecule has 13 heavy (non-hydrogen) atoms. The topological polar surface area (TPSA) is 51.3 Å². The van der Waals surface area contributed by atoms with Crippen molar-refractivity contribution >= 4 is 45.2 Å². The summed E-state index contributed by atoms with van der Waals surface area (Å²) in [5.74, 6) is 0.308. The van der Waals surface area contributed by atoms with E-state index >= 15 is 0 Å². The van der Waals surface area contributed by atoms with Gasteiger partial charge < -0.3 is 14.5 Å². The van der Waals surface area contributed by atoms with Gasteiger partial charge in [0, 0.05) is 13.2 Å². The largest absolute Gasteiger partial charge is 0.461 e. The molecule has 0 atom stereocenters. The molecule has 1 aromatic heterocycles. The van der Waals surface area contributed by atoms with Crippen LogP contribution in [0.15, 0.2) is 10.9 Å². The van der Waals surface area contributed by atoms with Crippen molar-refractivity contribution in [1.29, 1.82) is 0 Å². The maximum absolute atomic E-state index is 11.4. The van der Waals surface area contributed by atoms with Gasteiger partial charge in [-0.15, -0.1) is 0 Å². The molecule has 1 N–H and O–H groups in total. The molecule has 0 unspecified atom stereocenters. The molecule has 0 aliphatic carbocycles. The van der Waals surface area contributed by atoms with Crippen LogP contribution >= 0.6 is 45.2 Å². The van der Waals surface area contributed by atoms with Gasteiger partial charge in [-0.05, 0) is 45.2 Å². The Balaban J connectivity index is 2.99. The van der Waals surface area contributed by atoms with Crippen molar-refractivity contribution < 1.29 is 9.47 Å². The Morgan fingerprint density at radius 1 is 1.54 bits per heavy atom. The zero-order valence-corrected chi connectivity index (χ0v) is 11.1. The molecular weight excluding hydrogens is 400 g/mol. The first-order chi connectivity index (χ1) is 6.15. The molecule has 6 heteroatoms. The van der Waals surface area contributed by atoms with Crippen LogP contribution in [-0.2, 0) is 4.74 Å². The Hall–Kier alpha value is 0.170. The van der Waals surface area contributed by atoms with Gasteiger partial charge in [0.25, 0.3) is 0 Å². The van der Waals surface area contributed by atoms with E-state index < -0.39 is 0 Å². The second-order valence-corrected chi connectivity index (χ2v) is 4.42. The quantitative estimate of drug-likeness (QED) is 0.471. The van der Waals surface area contributed by atoms with Crippen molar-refractivity contribution in [2.45, 2.75) is 0 Å². The molecule has 4 nitrogen and oxygen atoms in total. The summed E-state index contributed by atoms with van der Waals surface area (Å²) in [6.07, 6.45) is 0. The van der Waals surface area contributed by atoms with E-state index in [0.29, 0.717) is 9.45 Å². The van der Waals surface area contributed by atoms with Gasteiger partial charge in [-0.3, -0.25) is 4.79 Å². The van der Waals surface area contributed by atoms with Gasteiger partial charge in [0.2, 0.25) is 5.43 Å². The summed E-state index contributed by atoms with van der Waals surface area (Å²) in [5.41, 5.74) is -0.135. The smallest absolute Gasteiger partial charge is 0.225 e. The molecule has 0 aliphatic heterocycles. The zero-order valence-electron chi connectivity index (χ0n) is 6.77. The number of ether oxygens (including phenoxy) is 2. The predicted molar refractivity (Wildman–Crippen MR) is 65.0 cm³/mol. The van der Waals surface area contributed by atoms with Crippen molar-refractivity contribution in [3.63, 3.8) is 0 Å². The molecule has 0 amide bonds. The normalized spacial score (nSPS) is 10.1. The Morgan fingerprint density at radius 2 is 2.23 bits per heavy atom. The third-order valence-electron chi connectivity index (χ3n) is 1.23. The second-order valence-electron chi connectivity index (χ2n) is 2.18. The van der Waals surface area contributed by atoms with Crippen LogP contribution < -0.4 is 10.2 Å². The van der Waals surface area contributed by atoms with Crippen LogP contribution in [0.2, 0.25) is 0 Å². The van der Waals surface area contributed by atoms with Gasteiger partial charge in [0.15, 0.2) is 12.5 Å². The first kappa shape index (κ1) is 11.2. The van der Waals surface area contributed by atoms with E-state index in [4.69, 9.17) is 9.47 Å². The number of H-pyrrole nitrogens is 1. The van der Waals surface area contributed by atoms with Crippen LogP contribution in [0.3, 0.4) is 0 Å². The van der Waals surface area contributed by atoms with Gasteiger partial charge in [-0.2, -0.15) is 0 Å². The lowest BCUT2D eigenvalue weighted by molar-refractivity contribution is 0.0494. The summed E-state index contributed by atoms with van der Waals surface area (Å²) < 4.78 is 11.3. The fraction of sp³-hybridized carbons (Fsp3) is 0.286. The molecule has 0 aromatic carbocycles. The number of hydrogen-bond donors (Lipinski definition) is 1. The number of methoxy groups -OCH3 is 1. The van der Waals surface area contributed by atoms with Gasteiger partial charge in [0.1, 0.15) is 3.70 Å². The summed E-state index contributed by atoms with van der Waals surface area (Å²) in [5, 5.41) is 0. The lowest BCUT2D eigenvalue weighted by Gasteiger charge is -2.05. The van der Waals surface area contributed by atoms with Crippen molar-refractivity contribution in [3.05, 3.63) is 23.7 Å². The molecule has 0 radical (unpaired) electrons. The average Bonchev–Trinajstić information content (AvgIpc) is 2.02. The van der Waals surface area contributed by atoms with Crippen LogP contribution in [0.1, 0.15) is 0 Å².